The number of aromatic nitrogens is 2. The second-order valence-corrected chi connectivity index (χ2v) is 4.41. The van der Waals surface area contributed by atoms with Crippen LogP contribution in [0.3, 0.4) is 0 Å². The molecular formula is C11H14BrN3. The number of benzene rings is 1. The lowest BCUT2D eigenvalue weighted by Gasteiger charge is -2.00. The molecule has 0 unspecified atom stereocenters. The Morgan fingerprint density at radius 1 is 1.47 bits per heavy atom. The van der Waals surface area contributed by atoms with Gasteiger partial charge in [0.15, 0.2) is 0 Å². The van der Waals surface area contributed by atoms with Crippen molar-refractivity contribution in [3.63, 3.8) is 0 Å². The van der Waals surface area contributed by atoms with Crippen LogP contribution in [0, 0.1) is 0 Å². The van der Waals surface area contributed by atoms with E-state index in [-0.39, 0.29) is 0 Å². The molecule has 80 valence electrons. The Morgan fingerprint density at radius 3 is 3.00 bits per heavy atom. The van der Waals surface area contributed by atoms with Crippen molar-refractivity contribution in [2.45, 2.75) is 12.8 Å². The minimum atomic E-state index is 0.743. The number of nitrogens with zero attached hydrogens (tertiary/aromatic N) is 2. The van der Waals surface area contributed by atoms with E-state index >= 15 is 0 Å². The summed E-state index contributed by atoms with van der Waals surface area (Å²) in [5.41, 5.74) is 7.98. The highest BCUT2D eigenvalue weighted by Crippen LogP contribution is 2.23. The summed E-state index contributed by atoms with van der Waals surface area (Å²) < 4.78 is 2.80. The van der Waals surface area contributed by atoms with Crippen LogP contribution in [-0.4, -0.2) is 16.3 Å². The molecule has 0 aliphatic carbocycles. The number of hydrogen-bond donors (Lipinski definition) is 1. The van der Waals surface area contributed by atoms with Crippen molar-refractivity contribution in [1.82, 2.24) is 9.78 Å². The lowest BCUT2D eigenvalue weighted by atomic mass is 10.1. The first kappa shape index (κ1) is 10.6. The minimum Gasteiger partial charge on any atom is -0.330 e. The molecule has 1 aromatic carbocycles. The molecule has 1 heterocycles. The van der Waals surface area contributed by atoms with Crippen LogP contribution in [0.1, 0.15) is 12.0 Å². The van der Waals surface area contributed by atoms with E-state index in [1.807, 2.05) is 11.7 Å². The molecule has 2 rings (SSSR count). The summed E-state index contributed by atoms with van der Waals surface area (Å²) in [6, 6.07) is 6.44. The number of nitrogens with two attached hydrogens (primary N) is 1. The van der Waals surface area contributed by atoms with Crippen LogP contribution in [-0.2, 0) is 13.5 Å². The zero-order chi connectivity index (χ0) is 10.8. The molecular weight excluding hydrogens is 254 g/mol. The van der Waals surface area contributed by atoms with Gasteiger partial charge in [0.05, 0.1) is 5.52 Å². The van der Waals surface area contributed by atoms with Crippen LogP contribution in [0.5, 0.6) is 0 Å². The number of aryl methyl sites for hydroxylation is 2. The minimum absolute atomic E-state index is 0.743. The summed E-state index contributed by atoms with van der Waals surface area (Å²) in [5, 5.41) is 5.48. The quantitative estimate of drug-likeness (QED) is 0.927. The van der Waals surface area contributed by atoms with E-state index in [0.717, 1.165) is 34.9 Å². The van der Waals surface area contributed by atoms with Gasteiger partial charge in [0.1, 0.15) is 4.60 Å². The molecule has 1 aromatic heterocycles. The average Bonchev–Trinajstić information content (AvgIpc) is 2.52. The van der Waals surface area contributed by atoms with Crippen molar-refractivity contribution in [1.29, 1.82) is 0 Å². The van der Waals surface area contributed by atoms with Gasteiger partial charge in [0, 0.05) is 12.4 Å². The molecule has 0 radical (unpaired) electrons. The van der Waals surface area contributed by atoms with Crippen molar-refractivity contribution in [3.05, 3.63) is 28.4 Å². The van der Waals surface area contributed by atoms with Crippen molar-refractivity contribution in [2.75, 3.05) is 6.54 Å². The summed E-state index contributed by atoms with van der Waals surface area (Å²) in [5.74, 6) is 0. The Kier molecular flexibility index (Phi) is 3.07. The maximum atomic E-state index is 5.50. The largest absolute Gasteiger partial charge is 0.330 e. The van der Waals surface area contributed by atoms with Gasteiger partial charge in [-0.2, -0.15) is 5.10 Å². The molecule has 3 nitrogen and oxygen atoms in total. The standard InChI is InChI=1S/C11H14BrN3/c1-15-10-7-8(3-2-6-13)4-5-9(10)11(12)14-15/h4-5,7H,2-3,6,13H2,1H3. The topological polar surface area (TPSA) is 43.8 Å². The predicted molar refractivity (Wildman–Crippen MR) is 65.8 cm³/mol. The van der Waals surface area contributed by atoms with Gasteiger partial charge in [-0.05, 0) is 53.0 Å². The van der Waals surface area contributed by atoms with E-state index in [9.17, 15) is 0 Å². The molecule has 0 aliphatic rings. The average molecular weight is 268 g/mol. The van der Waals surface area contributed by atoms with Crippen molar-refractivity contribution < 1.29 is 0 Å². The van der Waals surface area contributed by atoms with Crippen LogP contribution in [0.2, 0.25) is 0 Å². The number of halogens is 1. The van der Waals surface area contributed by atoms with Crippen LogP contribution in [0.4, 0.5) is 0 Å². The summed E-state index contributed by atoms with van der Waals surface area (Å²) in [6.45, 7) is 0.743. The van der Waals surface area contributed by atoms with Gasteiger partial charge in [-0.25, -0.2) is 0 Å². The van der Waals surface area contributed by atoms with Gasteiger partial charge in [0.2, 0.25) is 0 Å². The van der Waals surface area contributed by atoms with Crippen LogP contribution in [0.25, 0.3) is 10.9 Å². The molecule has 2 N–H and O–H groups in total. The Bertz CT molecular complexity index is 476. The van der Waals surface area contributed by atoms with Crippen LogP contribution in [0.15, 0.2) is 22.8 Å². The smallest absolute Gasteiger partial charge is 0.135 e. The van der Waals surface area contributed by atoms with Gasteiger partial charge < -0.3 is 5.73 Å². The van der Waals surface area contributed by atoms with Crippen LogP contribution >= 0.6 is 15.9 Å². The maximum Gasteiger partial charge on any atom is 0.135 e. The van der Waals surface area contributed by atoms with Gasteiger partial charge in [-0.1, -0.05) is 6.07 Å². The van der Waals surface area contributed by atoms with E-state index in [1.165, 1.54) is 5.56 Å². The second-order valence-electron chi connectivity index (χ2n) is 3.66. The molecule has 0 aliphatic heterocycles. The third-order valence-corrected chi connectivity index (χ3v) is 3.13. The third-order valence-electron chi connectivity index (χ3n) is 2.54. The first-order valence-electron chi connectivity index (χ1n) is 5.03. The molecule has 0 saturated carbocycles. The fraction of sp³-hybridized carbons (Fsp3) is 0.364. The third kappa shape index (κ3) is 2.06. The molecule has 0 atom stereocenters. The lowest BCUT2D eigenvalue weighted by molar-refractivity contribution is 0.786. The van der Waals surface area contributed by atoms with E-state index in [0.29, 0.717) is 0 Å². The molecule has 15 heavy (non-hydrogen) atoms. The molecule has 0 amide bonds. The van der Waals surface area contributed by atoms with Gasteiger partial charge >= 0.3 is 0 Å². The highest BCUT2D eigenvalue weighted by Gasteiger charge is 2.05. The van der Waals surface area contributed by atoms with E-state index in [4.69, 9.17) is 5.73 Å². The van der Waals surface area contributed by atoms with Gasteiger partial charge in [-0.3, -0.25) is 4.68 Å². The van der Waals surface area contributed by atoms with Gasteiger partial charge in [-0.15, -0.1) is 0 Å². The van der Waals surface area contributed by atoms with E-state index in [1.54, 1.807) is 0 Å². The zero-order valence-corrected chi connectivity index (χ0v) is 10.3. The summed E-state index contributed by atoms with van der Waals surface area (Å²) in [7, 11) is 1.96. The van der Waals surface area contributed by atoms with Crippen molar-refractivity contribution in [2.24, 2.45) is 12.8 Å². The normalized spacial score (nSPS) is 11.1. The Balaban J connectivity index is 2.41. The SMILES string of the molecule is Cn1nc(Br)c2ccc(CCCN)cc21. The molecule has 2 aromatic rings. The second kappa shape index (κ2) is 4.33. The molecule has 0 spiro atoms. The summed E-state index contributed by atoms with van der Waals surface area (Å²) in [4.78, 5) is 0. The number of rotatable bonds is 3. The number of fused-ring (bicyclic) bond motifs is 1. The Morgan fingerprint density at radius 2 is 2.27 bits per heavy atom. The lowest BCUT2D eigenvalue weighted by Crippen LogP contribution is -2.00. The predicted octanol–water partition coefficient (Wildman–Crippen LogP) is 2.23. The fourth-order valence-corrected chi connectivity index (χ4v) is 2.29. The maximum absolute atomic E-state index is 5.50. The monoisotopic (exact) mass is 267 g/mol. The van der Waals surface area contributed by atoms with E-state index in [2.05, 4.69) is 39.2 Å². The van der Waals surface area contributed by atoms with E-state index < -0.39 is 0 Å². The molecule has 0 saturated heterocycles. The Labute approximate surface area is 97.4 Å². The fourth-order valence-electron chi connectivity index (χ4n) is 1.72. The van der Waals surface area contributed by atoms with Crippen molar-refractivity contribution in [3.8, 4) is 0 Å². The molecule has 0 fully saturated rings. The van der Waals surface area contributed by atoms with Crippen molar-refractivity contribution >= 4 is 26.8 Å². The Hall–Kier alpha value is -0.870. The summed E-state index contributed by atoms with van der Waals surface area (Å²) in [6.07, 6.45) is 2.07. The highest BCUT2D eigenvalue weighted by molar-refractivity contribution is 9.10. The van der Waals surface area contributed by atoms with Crippen LogP contribution < -0.4 is 5.73 Å². The first-order chi connectivity index (χ1) is 7.22. The first-order valence-corrected chi connectivity index (χ1v) is 5.83. The molecule has 4 heteroatoms. The molecule has 0 bridgehead atoms. The highest BCUT2D eigenvalue weighted by atomic mass is 79.9. The summed E-state index contributed by atoms with van der Waals surface area (Å²) >= 11 is 3.44. The van der Waals surface area contributed by atoms with Gasteiger partial charge in [0.25, 0.3) is 0 Å². The zero-order valence-electron chi connectivity index (χ0n) is 8.70. The number of hydrogen-bond acceptors (Lipinski definition) is 2.